The Morgan fingerprint density at radius 1 is 1.40 bits per heavy atom. The van der Waals surface area contributed by atoms with Crippen molar-refractivity contribution in [3.63, 3.8) is 0 Å². The minimum atomic E-state index is -0.482. The second-order valence-corrected chi connectivity index (χ2v) is 6.41. The van der Waals surface area contributed by atoms with Gasteiger partial charge in [0.25, 0.3) is 5.91 Å². The lowest BCUT2D eigenvalue weighted by Crippen LogP contribution is -2.50. The van der Waals surface area contributed by atoms with Crippen LogP contribution in [0.4, 0.5) is 0 Å². The first-order chi connectivity index (χ1) is 9.63. The van der Waals surface area contributed by atoms with E-state index in [9.17, 15) is 9.59 Å². The van der Waals surface area contributed by atoms with Crippen LogP contribution in [0.2, 0.25) is 0 Å². The SMILES string of the molecule is CCOC(=O)C1CSCCN1C(=O)c1ccc(Br)cc1. The average molecular weight is 358 g/mol. The Morgan fingerprint density at radius 3 is 2.75 bits per heavy atom. The molecule has 0 aromatic heterocycles. The van der Waals surface area contributed by atoms with Gasteiger partial charge in [-0.2, -0.15) is 11.8 Å². The normalized spacial score (nSPS) is 18.7. The maximum Gasteiger partial charge on any atom is 0.329 e. The van der Waals surface area contributed by atoms with Crippen molar-refractivity contribution >= 4 is 39.6 Å². The zero-order chi connectivity index (χ0) is 14.5. The molecule has 1 fully saturated rings. The molecule has 1 atom stereocenters. The number of benzene rings is 1. The molecule has 1 aromatic carbocycles. The van der Waals surface area contributed by atoms with Crippen LogP contribution < -0.4 is 0 Å². The Morgan fingerprint density at radius 2 is 2.10 bits per heavy atom. The molecule has 1 aliphatic rings. The number of esters is 1. The molecule has 1 aliphatic heterocycles. The average Bonchev–Trinajstić information content (AvgIpc) is 2.47. The van der Waals surface area contributed by atoms with Crippen LogP contribution >= 0.6 is 27.7 Å². The Kier molecular flexibility index (Phi) is 5.48. The molecule has 4 nitrogen and oxygen atoms in total. The number of hydrogen-bond donors (Lipinski definition) is 0. The fourth-order valence-corrected chi connectivity index (χ4v) is 3.33. The van der Waals surface area contributed by atoms with Gasteiger partial charge in [-0.3, -0.25) is 4.79 Å². The minimum Gasteiger partial charge on any atom is -0.464 e. The van der Waals surface area contributed by atoms with Crippen LogP contribution in [0, 0.1) is 0 Å². The number of carbonyl (C=O) groups is 2. The van der Waals surface area contributed by atoms with Gasteiger partial charge in [0.05, 0.1) is 6.61 Å². The third-order valence-corrected chi connectivity index (χ3v) is 4.59. The van der Waals surface area contributed by atoms with Gasteiger partial charge in [-0.25, -0.2) is 4.79 Å². The van der Waals surface area contributed by atoms with E-state index in [0.717, 1.165) is 10.2 Å². The monoisotopic (exact) mass is 357 g/mol. The van der Waals surface area contributed by atoms with E-state index < -0.39 is 6.04 Å². The second kappa shape index (κ2) is 7.13. The minimum absolute atomic E-state index is 0.115. The molecule has 108 valence electrons. The molecule has 1 amide bonds. The highest BCUT2D eigenvalue weighted by atomic mass is 79.9. The van der Waals surface area contributed by atoms with Crippen LogP contribution in [0.25, 0.3) is 0 Å². The van der Waals surface area contributed by atoms with E-state index in [4.69, 9.17) is 4.74 Å². The van der Waals surface area contributed by atoms with E-state index in [1.807, 2.05) is 12.1 Å². The predicted molar refractivity (Wildman–Crippen MR) is 82.9 cm³/mol. The summed E-state index contributed by atoms with van der Waals surface area (Å²) in [6.07, 6.45) is 0. The molecule has 20 heavy (non-hydrogen) atoms. The number of hydrogen-bond acceptors (Lipinski definition) is 4. The molecule has 0 radical (unpaired) electrons. The number of ether oxygens (including phenoxy) is 1. The summed E-state index contributed by atoms with van der Waals surface area (Å²) < 4.78 is 5.98. The van der Waals surface area contributed by atoms with Crippen molar-refractivity contribution in [1.29, 1.82) is 0 Å². The lowest BCUT2D eigenvalue weighted by molar-refractivity contribution is -0.147. The highest BCUT2D eigenvalue weighted by Crippen LogP contribution is 2.21. The van der Waals surface area contributed by atoms with Crippen molar-refractivity contribution in [3.05, 3.63) is 34.3 Å². The van der Waals surface area contributed by atoms with E-state index in [2.05, 4.69) is 15.9 Å². The molecule has 0 spiro atoms. The summed E-state index contributed by atoms with van der Waals surface area (Å²) in [5.41, 5.74) is 0.592. The lowest BCUT2D eigenvalue weighted by atomic mass is 10.1. The molecular formula is C14H16BrNO3S. The van der Waals surface area contributed by atoms with Gasteiger partial charge >= 0.3 is 5.97 Å². The summed E-state index contributed by atoms with van der Waals surface area (Å²) in [5.74, 6) is 1.01. The predicted octanol–water partition coefficient (Wildman–Crippen LogP) is 2.57. The quantitative estimate of drug-likeness (QED) is 0.780. The van der Waals surface area contributed by atoms with Crippen LogP contribution in [-0.2, 0) is 9.53 Å². The molecule has 2 rings (SSSR count). The lowest BCUT2D eigenvalue weighted by Gasteiger charge is -2.33. The number of carbonyl (C=O) groups excluding carboxylic acids is 2. The Labute approximate surface area is 131 Å². The molecule has 1 heterocycles. The summed E-state index contributed by atoms with van der Waals surface area (Å²) in [7, 11) is 0. The molecule has 0 bridgehead atoms. The van der Waals surface area contributed by atoms with Gasteiger partial charge in [-0.15, -0.1) is 0 Å². The molecular weight excluding hydrogens is 342 g/mol. The van der Waals surface area contributed by atoms with Crippen molar-refractivity contribution in [3.8, 4) is 0 Å². The van der Waals surface area contributed by atoms with Gasteiger partial charge in [0.1, 0.15) is 6.04 Å². The first kappa shape index (κ1) is 15.4. The third kappa shape index (κ3) is 3.55. The van der Waals surface area contributed by atoms with Crippen LogP contribution in [0.15, 0.2) is 28.7 Å². The maximum atomic E-state index is 12.5. The first-order valence-electron chi connectivity index (χ1n) is 6.44. The van der Waals surface area contributed by atoms with Crippen molar-refractivity contribution < 1.29 is 14.3 Å². The van der Waals surface area contributed by atoms with Crippen molar-refractivity contribution in [2.75, 3.05) is 24.7 Å². The van der Waals surface area contributed by atoms with E-state index >= 15 is 0 Å². The van der Waals surface area contributed by atoms with Crippen LogP contribution in [-0.4, -0.2) is 47.5 Å². The summed E-state index contributed by atoms with van der Waals surface area (Å²) in [6.45, 7) is 2.68. The standard InChI is InChI=1S/C14H16BrNO3S/c1-2-19-14(18)12-9-20-8-7-16(12)13(17)10-3-5-11(15)6-4-10/h3-6,12H,2,7-9H2,1H3. The van der Waals surface area contributed by atoms with Gasteiger partial charge in [0, 0.05) is 28.1 Å². The topological polar surface area (TPSA) is 46.6 Å². The van der Waals surface area contributed by atoms with Crippen molar-refractivity contribution in [2.24, 2.45) is 0 Å². The number of rotatable bonds is 3. The molecule has 1 unspecified atom stereocenters. The number of amides is 1. The van der Waals surface area contributed by atoms with Gasteiger partial charge in [-0.1, -0.05) is 15.9 Å². The van der Waals surface area contributed by atoms with E-state index in [1.165, 1.54) is 0 Å². The summed E-state index contributed by atoms with van der Waals surface area (Å²) in [5, 5.41) is 0. The molecule has 1 saturated heterocycles. The Bertz CT molecular complexity index is 492. The van der Waals surface area contributed by atoms with E-state index in [-0.39, 0.29) is 11.9 Å². The fourth-order valence-electron chi connectivity index (χ4n) is 2.04. The van der Waals surface area contributed by atoms with Gasteiger partial charge in [-0.05, 0) is 31.2 Å². The molecule has 0 aliphatic carbocycles. The van der Waals surface area contributed by atoms with Gasteiger partial charge in [0.2, 0.25) is 0 Å². The van der Waals surface area contributed by atoms with Crippen molar-refractivity contribution in [2.45, 2.75) is 13.0 Å². The highest BCUT2D eigenvalue weighted by Gasteiger charge is 2.33. The molecule has 1 aromatic rings. The third-order valence-electron chi connectivity index (χ3n) is 3.04. The molecule has 0 saturated carbocycles. The second-order valence-electron chi connectivity index (χ2n) is 4.35. The highest BCUT2D eigenvalue weighted by molar-refractivity contribution is 9.10. The zero-order valence-electron chi connectivity index (χ0n) is 11.2. The van der Waals surface area contributed by atoms with E-state index in [0.29, 0.717) is 24.5 Å². The van der Waals surface area contributed by atoms with E-state index in [1.54, 1.807) is 35.7 Å². The number of halogens is 1. The van der Waals surface area contributed by atoms with Crippen LogP contribution in [0.5, 0.6) is 0 Å². The van der Waals surface area contributed by atoms with Crippen LogP contribution in [0.3, 0.4) is 0 Å². The van der Waals surface area contributed by atoms with Crippen LogP contribution in [0.1, 0.15) is 17.3 Å². The summed E-state index contributed by atoms with van der Waals surface area (Å²) in [4.78, 5) is 26.1. The molecule has 0 N–H and O–H groups in total. The Hall–Kier alpha value is -1.01. The summed E-state index contributed by atoms with van der Waals surface area (Å²) in [6, 6.07) is 6.69. The van der Waals surface area contributed by atoms with Crippen molar-refractivity contribution in [1.82, 2.24) is 4.90 Å². The number of thioether (sulfide) groups is 1. The largest absolute Gasteiger partial charge is 0.464 e. The fraction of sp³-hybridized carbons (Fsp3) is 0.429. The van der Waals surface area contributed by atoms with Gasteiger partial charge < -0.3 is 9.64 Å². The summed E-state index contributed by atoms with van der Waals surface area (Å²) >= 11 is 5.02. The first-order valence-corrected chi connectivity index (χ1v) is 8.39. The smallest absolute Gasteiger partial charge is 0.329 e. The van der Waals surface area contributed by atoms with Gasteiger partial charge in [0.15, 0.2) is 0 Å². The maximum absolute atomic E-state index is 12.5. The Balaban J connectivity index is 2.16. The molecule has 6 heteroatoms. The number of nitrogens with zero attached hydrogens (tertiary/aromatic N) is 1. The zero-order valence-corrected chi connectivity index (χ0v) is 13.6.